The first-order chi connectivity index (χ1) is 14.2. The van der Waals surface area contributed by atoms with Crippen LogP contribution in [0.2, 0.25) is 0 Å². The molecule has 1 aromatic heterocycles. The normalized spacial score (nSPS) is 18.4. The first-order valence-electron chi connectivity index (χ1n) is 9.76. The van der Waals surface area contributed by atoms with Gasteiger partial charge in [0, 0.05) is 24.5 Å². The van der Waals surface area contributed by atoms with E-state index in [1.54, 1.807) is 18.1 Å². The van der Waals surface area contributed by atoms with Crippen LogP contribution in [0.1, 0.15) is 27.7 Å². The second-order valence-electron chi connectivity index (χ2n) is 7.46. The minimum Gasteiger partial charge on any atom is -0.496 e. The molecule has 146 valence electrons. The summed E-state index contributed by atoms with van der Waals surface area (Å²) in [6.45, 7) is 1.25. The number of hydrogen-bond donors (Lipinski definition) is 0. The molecule has 1 saturated heterocycles. The van der Waals surface area contributed by atoms with Gasteiger partial charge < -0.3 is 14.5 Å². The highest BCUT2D eigenvalue weighted by Crippen LogP contribution is 2.34. The number of fused-ring (bicyclic) bond motifs is 4. The van der Waals surface area contributed by atoms with E-state index < -0.39 is 0 Å². The smallest absolute Gasteiger partial charge is 0.273 e. The number of piperazine rings is 1. The van der Waals surface area contributed by atoms with Crippen LogP contribution in [0.3, 0.4) is 0 Å². The van der Waals surface area contributed by atoms with Gasteiger partial charge in [-0.25, -0.2) is 4.98 Å². The third-order valence-corrected chi connectivity index (χ3v) is 5.86. The zero-order chi connectivity index (χ0) is 20.0. The molecule has 2 amide bonds. The van der Waals surface area contributed by atoms with Crippen molar-refractivity contribution >= 4 is 22.7 Å². The van der Waals surface area contributed by atoms with Gasteiger partial charge in [-0.15, -0.1) is 0 Å². The van der Waals surface area contributed by atoms with E-state index in [2.05, 4.69) is 17.1 Å². The lowest BCUT2D eigenvalue weighted by Crippen LogP contribution is -2.55. The number of rotatable bonds is 2. The van der Waals surface area contributed by atoms with E-state index in [9.17, 15) is 9.59 Å². The fourth-order valence-electron chi connectivity index (χ4n) is 4.41. The fraction of sp³-hybridized carbons (Fsp3) is 0.261. The number of hydrogen-bond acceptors (Lipinski definition) is 4. The van der Waals surface area contributed by atoms with E-state index >= 15 is 0 Å². The molecule has 6 nitrogen and oxygen atoms in total. The Hall–Kier alpha value is -3.41. The molecule has 3 heterocycles. The summed E-state index contributed by atoms with van der Waals surface area (Å²) in [5.74, 6) is 0.342. The summed E-state index contributed by atoms with van der Waals surface area (Å²) in [5, 5.41) is 0.855. The van der Waals surface area contributed by atoms with Gasteiger partial charge in [0.15, 0.2) is 0 Å². The third-order valence-electron chi connectivity index (χ3n) is 5.86. The Morgan fingerprint density at radius 1 is 1.14 bits per heavy atom. The van der Waals surface area contributed by atoms with Crippen molar-refractivity contribution in [2.45, 2.75) is 12.5 Å². The summed E-state index contributed by atoms with van der Waals surface area (Å²) in [6, 6.07) is 17.3. The lowest BCUT2D eigenvalue weighted by atomic mass is 9.90. The fourth-order valence-corrected chi connectivity index (χ4v) is 4.41. The van der Waals surface area contributed by atoms with Crippen LogP contribution in [-0.2, 0) is 11.2 Å². The van der Waals surface area contributed by atoms with E-state index in [1.807, 2.05) is 41.3 Å². The van der Waals surface area contributed by atoms with Crippen molar-refractivity contribution in [2.24, 2.45) is 0 Å². The molecule has 0 N–H and O–H groups in total. The molecule has 0 spiro atoms. The second-order valence-corrected chi connectivity index (χ2v) is 7.46. The first-order valence-corrected chi connectivity index (χ1v) is 9.76. The number of benzene rings is 2. The monoisotopic (exact) mass is 387 g/mol. The number of amides is 2. The van der Waals surface area contributed by atoms with Crippen LogP contribution in [-0.4, -0.2) is 53.3 Å². The summed E-state index contributed by atoms with van der Waals surface area (Å²) < 4.78 is 5.47. The molecule has 2 aliphatic heterocycles. The molecular formula is C23H21N3O3. The van der Waals surface area contributed by atoms with Gasteiger partial charge in [0.25, 0.3) is 5.91 Å². The zero-order valence-corrected chi connectivity index (χ0v) is 16.2. The highest BCUT2D eigenvalue weighted by molar-refractivity contribution is 5.99. The summed E-state index contributed by atoms with van der Waals surface area (Å²) >= 11 is 0. The Morgan fingerprint density at radius 2 is 1.93 bits per heavy atom. The van der Waals surface area contributed by atoms with Crippen molar-refractivity contribution in [3.8, 4) is 5.75 Å². The van der Waals surface area contributed by atoms with Crippen LogP contribution >= 0.6 is 0 Å². The van der Waals surface area contributed by atoms with Gasteiger partial charge >= 0.3 is 0 Å². The van der Waals surface area contributed by atoms with Crippen molar-refractivity contribution in [3.05, 3.63) is 71.4 Å². The number of nitrogens with zero attached hydrogens (tertiary/aromatic N) is 3. The maximum absolute atomic E-state index is 13.3. The molecule has 29 heavy (non-hydrogen) atoms. The number of methoxy groups -OCH3 is 1. The topological polar surface area (TPSA) is 62.7 Å². The lowest BCUT2D eigenvalue weighted by molar-refractivity contribution is -0.139. The maximum Gasteiger partial charge on any atom is 0.273 e. The molecule has 0 bridgehead atoms. The van der Waals surface area contributed by atoms with E-state index in [0.29, 0.717) is 30.0 Å². The Bertz CT molecular complexity index is 1130. The Labute approximate surface area is 168 Å². The van der Waals surface area contributed by atoms with Crippen LogP contribution in [0.5, 0.6) is 5.75 Å². The van der Waals surface area contributed by atoms with Crippen molar-refractivity contribution in [1.82, 2.24) is 14.8 Å². The summed E-state index contributed by atoms with van der Waals surface area (Å²) in [4.78, 5) is 34.1. The molecule has 1 atom stereocenters. The van der Waals surface area contributed by atoms with E-state index in [4.69, 9.17) is 4.74 Å². The van der Waals surface area contributed by atoms with Crippen LogP contribution in [0, 0.1) is 0 Å². The number of carbonyl (C=O) groups is 2. The summed E-state index contributed by atoms with van der Waals surface area (Å²) in [7, 11) is 1.58. The van der Waals surface area contributed by atoms with Crippen molar-refractivity contribution in [1.29, 1.82) is 0 Å². The molecule has 6 heteroatoms. The van der Waals surface area contributed by atoms with Crippen molar-refractivity contribution in [2.75, 3.05) is 26.7 Å². The number of carbonyl (C=O) groups excluding carboxylic acids is 2. The van der Waals surface area contributed by atoms with Crippen molar-refractivity contribution < 1.29 is 14.3 Å². The Morgan fingerprint density at radius 3 is 2.79 bits per heavy atom. The molecule has 5 rings (SSSR count). The van der Waals surface area contributed by atoms with E-state index in [1.165, 1.54) is 5.56 Å². The average molecular weight is 387 g/mol. The number of pyridine rings is 1. The largest absolute Gasteiger partial charge is 0.496 e. The van der Waals surface area contributed by atoms with Crippen LogP contribution < -0.4 is 4.74 Å². The molecule has 2 aromatic carbocycles. The van der Waals surface area contributed by atoms with Gasteiger partial charge in [0.1, 0.15) is 18.0 Å². The van der Waals surface area contributed by atoms with E-state index in [-0.39, 0.29) is 24.4 Å². The van der Waals surface area contributed by atoms with Crippen molar-refractivity contribution in [3.63, 3.8) is 0 Å². The molecule has 1 fully saturated rings. The molecule has 0 radical (unpaired) electrons. The summed E-state index contributed by atoms with van der Waals surface area (Å²) in [6.07, 6.45) is 0.857. The quantitative estimate of drug-likeness (QED) is 0.678. The minimum absolute atomic E-state index is 0.0168. The summed E-state index contributed by atoms with van der Waals surface area (Å²) in [5.41, 5.74) is 3.38. The zero-order valence-electron chi connectivity index (χ0n) is 16.2. The molecule has 2 aliphatic rings. The highest BCUT2D eigenvalue weighted by atomic mass is 16.5. The van der Waals surface area contributed by atoms with Gasteiger partial charge in [-0.1, -0.05) is 36.4 Å². The number of ether oxygens (including phenoxy) is 1. The predicted molar refractivity (Wildman–Crippen MR) is 109 cm³/mol. The first kappa shape index (κ1) is 17.7. The van der Waals surface area contributed by atoms with Gasteiger partial charge in [-0.2, -0.15) is 0 Å². The molecule has 0 aliphatic carbocycles. The van der Waals surface area contributed by atoms with Gasteiger partial charge in [-0.3, -0.25) is 9.59 Å². The second kappa shape index (κ2) is 6.88. The third kappa shape index (κ3) is 2.92. The number of para-hydroxylation sites is 1. The number of aromatic nitrogens is 1. The Kier molecular flexibility index (Phi) is 4.19. The van der Waals surface area contributed by atoms with E-state index in [0.717, 1.165) is 17.4 Å². The van der Waals surface area contributed by atoms with Gasteiger partial charge in [-0.05, 0) is 29.7 Å². The van der Waals surface area contributed by atoms with Gasteiger partial charge in [0.2, 0.25) is 5.91 Å². The molecule has 0 saturated carbocycles. The predicted octanol–water partition coefficient (Wildman–Crippen LogP) is 2.83. The standard InChI is InChI=1S/C23H21N3O3/c1-29-21-12-19(24-18-9-5-4-8-17(18)21)23(28)25-13-20-16-7-3-2-6-15(16)10-11-26(20)22(27)14-25/h2-9,12,20H,10-11,13-14H2,1H3. The van der Waals surface area contributed by atoms with Crippen LogP contribution in [0.15, 0.2) is 54.6 Å². The minimum atomic E-state index is -0.245. The molecule has 3 aromatic rings. The average Bonchev–Trinajstić information content (AvgIpc) is 2.77. The van der Waals surface area contributed by atoms with Crippen LogP contribution in [0.25, 0.3) is 10.9 Å². The van der Waals surface area contributed by atoms with Gasteiger partial charge in [0.05, 0.1) is 18.7 Å². The maximum atomic E-state index is 13.3. The highest BCUT2D eigenvalue weighted by Gasteiger charge is 2.39. The lowest BCUT2D eigenvalue weighted by Gasteiger charge is -2.44. The Balaban J connectivity index is 1.50. The SMILES string of the molecule is COc1cc(C(=O)N2CC(=O)N3CCc4ccccc4C3C2)nc2ccccc12. The van der Waals surface area contributed by atoms with Crippen LogP contribution in [0.4, 0.5) is 0 Å². The molecule has 1 unspecified atom stereocenters. The molecular weight excluding hydrogens is 366 g/mol.